The van der Waals surface area contributed by atoms with Gasteiger partial charge in [-0.3, -0.25) is 14.2 Å². The Morgan fingerprint density at radius 3 is 2.46 bits per heavy atom. The lowest BCUT2D eigenvalue weighted by atomic mass is 9.90. The number of halogens is 2. The largest absolute Gasteiger partial charge is 0.348 e. The van der Waals surface area contributed by atoms with Crippen LogP contribution in [0.3, 0.4) is 0 Å². The number of nitrogens with one attached hydrogen (secondary N) is 2. The molecule has 1 saturated carbocycles. The minimum Gasteiger partial charge on any atom is -0.348 e. The van der Waals surface area contributed by atoms with Gasteiger partial charge in [0, 0.05) is 30.5 Å². The minimum absolute atomic E-state index is 0.00748. The van der Waals surface area contributed by atoms with Crippen LogP contribution >= 0.6 is 0 Å². The quantitative estimate of drug-likeness (QED) is 0.206. The number of carbonyl (C=O) groups excluding carboxylic acids is 1. The average Bonchev–Trinajstić information content (AvgIpc) is 3.53. The summed E-state index contributed by atoms with van der Waals surface area (Å²) in [6.45, 7) is 5.12. The van der Waals surface area contributed by atoms with Gasteiger partial charge in [-0.2, -0.15) is 0 Å². The summed E-state index contributed by atoms with van der Waals surface area (Å²) in [5.74, 6) is -1.50. The summed E-state index contributed by atoms with van der Waals surface area (Å²) in [6.07, 6.45) is 6.51. The molecule has 0 spiro atoms. The van der Waals surface area contributed by atoms with Crippen molar-refractivity contribution >= 4 is 22.6 Å². The molecule has 6 aromatic rings. The highest BCUT2D eigenvalue weighted by molar-refractivity contribution is 5.93. The summed E-state index contributed by atoms with van der Waals surface area (Å²) in [6, 6.07) is 19.3. The van der Waals surface area contributed by atoms with Gasteiger partial charge in [0.25, 0.3) is 11.5 Å². The van der Waals surface area contributed by atoms with Gasteiger partial charge in [0.05, 0.1) is 17.3 Å². The molecule has 0 radical (unpaired) electrons. The molecule has 0 bridgehead atoms. The van der Waals surface area contributed by atoms with E-state index in [4.69, 9.17) is 0 Å². The summed E-state index contributed by atoms with van der Waals surface area (Å²) in [7, 11) is 0. The van der Waals surface area contributed by atoms with Crippen molar-refractivity contribution in [3.8, 4) is 16.8 Å². The Morgan fingerprint density at radius 2 is 1.70 bits per heavy atom. The van der Waals surface area contributed by atoms with Gasteiger partial charge in [0.15, 0.2) is 5.65 Å². The van der Waals surface area contributed by atoms with Crippen LogP contribution in [0.1, 0.15) is 61.6 Å². The van der Waals surface area contributed by atoms with Crippen molar-refractivity contribution in [2.45, 2.75) is 64.1 Å². The lowest BCUT2D eigenvalue weighted by Gasteiger charge is -2.30. The third-order valence-electron chi connectivity index (χ3n) is 9.29. The molecule has 1 fully saturated rings. The normalized spacial score (nSPS) is 16.3. The van der Waals surface area contributed by atoms with Gasteiger partial charge in [0.1, 0.15) is 23.0 Å². The van der Waals surface area contributed by atoms with Crippen molar-refractivity contribution in [2.75, 3.05) is 6.54 Å². The predicted octanol–water partition coefficient (Wildman–Crippen LogP) is 5.59. The molecule has 1 amide bonds. The van der Waals surface area contributed by atoms with Crippen LogP contribution in [-0.4, -0.2) is 48.0 Å². The van der Waals surface area contributed by atoms with Crippen LogP contribution in [0, 0.1) is 11.6 Å². The third-order valence-corrected chi connectivity index (χ3v) is 9.29. The van der Waals surface area contributed by atoms with E-state index in [9.17, 15) is 23.2 Å². The van der Waals surface area contributed by atoms with Crippen molar-refractivity contribution < 1.29 is 13.6 Å². The van der Waals surface area contributed by atoms with E-state index in [0.29, 0.717) is 43.1 Å². The molecule has 256 valence electrons. The van der Waals surface area contributed by atoms with Crippen LogP contribution in [0.15, 0.2) is 94.9 Å². The fourth-order valence-electron chi connectivity index (χ4n) is 6.74. The molecule has 0 aliphatic heterocycles. The molecule has 4 heterocycles. The first-order valence-corrected chi connectivity index (χ1v) is 16.9. The van der Waals surface area contributed by atoms with Crippen LogP contribution in [0.4, 0.5) is 8.78 Å². The molecule has 4 aromatic heterocycles. The highest BCUT2D eigenvalue weighted by Crippen LogP contribution is 2.28. The van der Waals surface area contributed by atoms with Crippen LogP contribution in [0.2, 0.25) is 0 Å². The Morgan fingerprint density at radius 1 is 0.920 bits per heavy atom. The number of fused-ring (bicyclic) bond motifs is 2. The molecule has 12 heteroatoms. The first-order chi connectivity index (χ1) is 24.1. The summed E-state index contributed by atoms with van der Waals surface area (Å²) in [4.78, 5) is 49.5. The van der Waals surface area contributed by atoms with E-state index in [1.54, 1.807) is 6.07 Å². The summed E-state index contributed by atoms with van der Waals surface area (Å²) in [5.41, 5.74) is 3.09. The Balaban J connectivity index is 1.15. The highest BCUT2D eigenvalue weighted by atomic mass is 19.1. The first kappa shape index (κ1) is 33.0. The van der Waals surface area contributed by atoms with Crippen LogP contribution in [0.25, 0.3) is 33.5 Å². The van der Waals surface area contributed by atoms with Gasteiger partial charge in [-0.05, 0) is 85.7 Å². The topological polar surface area (TPSA) is 115 Å². The zero-order valence-corrected chi connectivity index (χ0v) is 27.8. The molecule has 1 aliphatic carbocycles. The van der Waals surface area contributed by atoms with Crippen molar-refractivity contribution in [1.29, 1.82) is 0 Å². The third kappa shape index (κ3) is 6.71. The molecule has 2 N–H and O–H groups in total. The zero-order chi connectivity index (χ0) is 34.9. The SMILES string of the molecule is CC(C)NCCc1ccc(-c2cccc(-n3c(=O)n(C4CCC(NC(=O)c5cn6cc(F)ccc6n5)CC4)c(=O)c4cc(F)cnc43)c2)cc1. The molecular formula is C38H37F2N7O3. The maximum Gasteiger partial charge on any atom is 0.337 e. The molecule has 2 aromatic carbocycles. The Labute approximate surface area is 286 Å². The number of nitrogens with zero attached hydrogens (tertiary/aromatic N) is 5. The number of amides is 1. The molecule has 1 aliphatic rings. The number of aromatic nitrogens is 5. The number of imidazole rings is 1. The van der Waals surface area contributed by atoms with E-state index in [-0.39, 0.29) is 28.7 Å². The van der Waals surface area contributed by atoms with E-state index in [0.717, 1.165) is 36.4 Å². The number of rotatable bonds is 9. The van der Waals surface area contributed by atoms with Crippen molar-refractivity contribution in [3.63, 3.8) is 0 Å². The number of carbonyl (C=O) groups is 1. The summed E-state index contributed by atoms with van der Waals surface area (Å²) < 4.78 is 32.1. The van der Waals surface area contributed by atoms with Gasteiger partial charge < -0.3 is 15.0 Å². The fourth-order valence-corrected chi connectivity index (χ4v) is 6.74. The Kier molecular flexibility index (Phi) is 9.11. The lowest BCUT2D eigenvalue weighted by Crippen LogP contribution is -2.45. The van der Waals surface area contributed by atoms with Crippen molar-refractivity contribution in [3.05, 3.63) is 129 Å². The van der Waals surface area contributed by atoms with Crippen LogP contribution in [-0.2, 0) is 6.42 Å². The number of benzene rings is 2. The van der Waals surface area contributed by atoms with Gasteiger partial charge in [0.2, 0.25) is 0 Å². The van der Waals surface area contributed by atoms with E-state index in [1.165, 1.54) is 43.6 Å². The van der Waals surface area contributed by atoms with Crippen molar-refractivity contribution in [2.24, 2.45) is 0 Å². The zero-order valence-electron chi connectivity index (χ0n) is 27.8. The van der Waals surface area contributed by atoms with Gasteiger partial charge in [-0.25, -0.2) is 28.1 Å². The molecule has 0 atom stereocenters. The monoisotopic (exact) mass is 677 g/mol. The lowest BCUT2D eigenvalue weighted by molar-refractivity contribution is 0.0917. The average molecular weight is 678 g/mol. The van der Waals surface area contributed by atoms with Gasteiger partial charge in [-0.1, -0.05) is 50.2 Å². The summed E-state index contributed by atoms with van der Waals surface area (Å²) >= 11 is 0. The van der Waals surface area contributed by atoms with Crippen molar-refractivity contribution in [1.82, 2.24) is 34.1 Å². The van der Waals surface area contributed by atoms with E-state index in [1.807, 2.05) is 30.3 Å². The fraction of sp³-hybridized carbons (Fsp3) is 0.289. The molecule has 7 rings (SSSR count). The second-order valence-corrected chi connectivity index (χ2v) is 13.1. The smallest absolute Gasteiger partial charge is 0.337 e. The Bertz CT molecular complexity index is 2320. The van der Waals surface area contributed by atoms with E-state index < -0.39 is 28.9 Å². The highest BCUT2D eigenvalue weighted by Gasteiger charge is 2.28. The molecule has 10 nitrogen and oxygen atoms in total. The maximum absolute atomic E-state index is 14.5. The van der Waals surface area contributed by atoms with Gasteiger partial charge >= 0.3 is 5.69 Å². The van der Waals surface area contributed by atoms with Crippen LogP contribution in [0.5, 0.6) is 0 Å². The first-order valence-electron chi connectivity index (χ1n) is 16.9. The molecule has 0 saturated heterocycles. The second kappa shape index (κ2) is 13.8. The number of pyridine rings is 2. The predicted molar refractivity (Wildman–Crippen MR) is 188 cm³/mol. The number of hydrogen-bond acceptors (Lipinski definition) is 6. The van der Waals surface area contributed by atoms with Crippen LogP contribution < -0.4 is 21.9 Å². The standard InChI is InChI=1S/C38H37F2N7O3/c1-23(2)41-17-16-24-6-8-25(9-7-24)26-4-3-5-31(18-26)46-35-32(19-28(40)20-42-35)37(49)47(38(46)50)30-13-11-29(12-14-30)43-36(48)33-22-45-21-27(39)10-15-34(45)44-33/h3-10,15,18-23,29-30,41H,11-14,16-17H2,1-2H3,(H,43,48). The van der Waals surface area contributed by atoms with E-state index in [2.05, 4.69) is 46.6 Å². The van der Waals surface area contributed by atoms with E-state index >= 15 is 0 Å². The Hall–Kier alpha value is -5.49. The molecular weight excluding hydrogens is 640 g/mol. The van der Waals surface area contributed by atoms with Gasteiger partial charge in [-0.15, -0.1) is 0 Å². The second-order valence-electron chi connectivity index (χ2n) is 13.1. The number of hydrogen-bond donors (Lipinski definition) is 2. The molecule has 50 heavy (non-hydrogen) atoms. The molecule has 0 unspecified atom stereocenters. The minimum atomic E-state index is -0.676. The maximum atomic E-state index is 14.5. The summed E-state index contributed by atoms with van der Waals surface area (Å²) in [5, 5.41) is 6.42.